The Bertz CT molecular complexity index is 461. The van der Waals surface area contributed by atoms with Crippen LogP contribution in [0.15, 0.2) is 4.99 Å². The summed E-state index contributed by atoms with van der Waals surface area (Å²) in [5, 5.41) is 3.16. The molecule has 0 aromatic rings. The number of carbonyl (C=O) groups excluding carboxylic acids is 2. The van der Waals surface area contributed by atoms with Gasteiger partial charge in [-0.3, -0.25) is 14.6 Å². The van der Waals surface area contributed by atoms with Crippen molar-refractivity contribution in [3.05, 3.63) is 0 Å². The quantitative estimate of drug-likeness (QED) is 0.467. The molecule has 2 aliphatic heterocycles. The number of piperidine rings is 2. The highest BCUT2D eigenvalue weighted by atomic mass is 16.5. The summed E-state index contributed by atoms with van der Waals surface area (Å²) in [6.07, 6.45) is 5.16. The molecule has 1 N–H and O–H groups in total. The van der Waals surface area contributed by atoms with Gasteiger partial charge in [-0.1, -0.05) is 0 Å². The minimum atomic E-state index is -0.137. The SMILES string of the molecule is CCOC(=O)C1CCCN(C(=NC)NCC(=O)N2CCCCC2)C1. The van der Waals surface area contributed by atoms with Gasteiger partial charge < -0.3 is 19.9 Å². The Hall–Kier alpha value is -1.79. The first kappa shape index (κ1) is 18.5. The van der Waals surface area contributed by atoms with Crippen molar-refractivity contribution in [2.24, 2.45) is 10.9 Å². The van der Waals surface area contributed by atoms with Crippen LogP contribution in [0.4, 0.5) is 0 Å². The van der Waals surface area contributed by atoms with Crippen molar-refractivity contribution < 1.29 is 14.3 Å². The van der Waals surface area contributed by atoms with E-state index in [1.807, 2.05) is 11.8 Å². The van der Waals surface area contributed by atoms with Crippen molar-refractivity contribution in [1.29, 1.82) is 0 Å². The van der Waals surface area contributed by atoms with E-state index in [1.54, 1.807) is 7.05 Å². The van der Waals surface area contributed by atoms with Gasteiger partial charge in [0.25, 0.3) is 0 Å². The Morgan fingerprint density at radius 3 is 2.50 bits per heavy atom. The first-order valence-corrected chi connectivity index (χ1v) is 9.05. The lowest BCUT2D eigenvalue weighted by Gasteiger charge is -2.34. The predicted octanol–water partition coefficient (Wildman–Crippen LogP) is 0.849. The molecule has 136 valence electrons. The van der Waals surface area contributed by atoms with Gasteiger partial charge in [-0.15, -0.1) is 0 Å². The van der Waals surface area contributed by atoms with Crippen molar-refractivity contribution in [2.75, 3.05) is 46.4 Å². The van der Waals surface area contributed by atoms with Crippen molar-refractivity contribution in [2.45, 2.75) is 39.0 Å². The molecule has 0 aromatic carbocycles. The smallest absolute Gasteiger partial charge is 0.310 e. The molecule has 2 fully saturated rings. The lowest BCUT2D eigenvalue weighted by molar-refractivity contribution is -0.149. The Morgan fingerprint density at radius 1 is 1.12 bits per heavy atom. The van der Waals surface area contributed by atoms with Crippen LogP contribution < -0.4 is 5.32 Å². The van der Waals surface area contributed by atoms with Gasteiger partial charge in [0.05, 0.1) is 19.1 Å². The van der Waals surface area contributed by atoms with Crippen molar-refractivity contribution >= 4 is 17.8 Å². The van der Waals surface area contributed by atoms with Crippen LogP contribution in [0.1, 0.15) is 39.0 Å². The first-order valence-electron chi connectivity index (χ1n) is 9.05. The molecule has 0 spiro atoms. The molecule has 7 heteroatoms. The number of esters is 1. The fourth-order valence-electron chi connectivity index (χ4n) is 3.36. The average Bonchev–Trinajstić information content (AvgIpc) is 2.63. The number of nitrogens with one attached hydrogen (secondary N) is 1. The molecule has 0 saturated carbocycles. The zero-order valence-electron chi connectivity index (χ0n) is 14.9. The summed E-state index contributed by atoms with van der Waals surface area (Å²) in [7, 11) is 1.71. The van der Waals surface area contributed by atoms with Crippen LogP contribution in [0.5, 0.6) is 0 Å². The number of ether oxygens (including phenoxy) is 1. The number of nitrogens with zero attached hydrogens (tertiary/aromatic N) is 3. The number of hydrogen-bond acceptors (Lipinski definition) is 4. The molecule has 7 nitrogen and oxygen atoms in total. The number of hydrogen-bond donors (Lipinski definition) is 1. The van der Waals surface area contributed by atoms with Gasteiger partial charge in [0.15, 0.2) is 5.96 Å². The molecule has 2 saturated heterocycles. The highest BCUT2D eigenvalue weighted by Gasteiger charge is 2.28. The zero-order valence-corrected chi connectivity index (χ0v) is 14.9. The van der Waals surface area contributed by atoms with Gasteiger partial charge in [0, 0.05) is 33.2 Å². The number of guanidine groups is 1. The van der Waals surface area contributed by atoms with E-state index in [0.717, 1.165) is 45.3 Å². The van der Waals surface area contributed by atoms with Crippen LogP contribution in [-0.2, 0) is 14.3 Å². The monoisotopic (exact) mass is 338 g/mol. The maximum atomic E-state index is 12.3. The van der Waals surface area contributed by atoms with E-state index in [9.17, 15) is 9.59 Å². The van der Waals surface area contributed by atoms with E-state index < -0.39 is 0 Å². The Kier molecular flexibility index (Phi) is 7.34. The number of likely N-dealkylation sites (tertiary alicyclic amines) is 2. The van der Waals surface area contributed by atoms with Gasteiger partial charge in [0.1, 0.15) is 0 Å². The van der Waals surface area contributed by atoms with E-state index in [2.05, 4.69) is 15.2 Å². The van der Waals surface area contributed by atoms with Crippen molar-refractivity contribution in [3.8, 4) is 0 Å². The van der Waals surface area contributed by atoms with Crippen LogP contribution in [0, 0.1) is 5.92 Å². The normalized spacial score (nSPS) is 22.2. The Morgan fingerprint density at radius 2 is 1.83 bits per heavy atom. The summed E-state index contributed by atoms with van der Waals surface area (Å²) in [6, 6.07) is 0. The lowest BCUT2D eigenvalue weighted by Crippen LogP contribution is -2.51. The molecular weight excluding hydrogens is 308 g/mol. The minimum absolute atomic E-state index is 0.116. The molecule has 0 aliphatic carbocycles. The van der Waals surface area contributed by atoms with Crippen LogP contribution in [0.2, 0.25) is 0 Å². The highest BCUT2D eigenvalue weighted by Crippen LogP contribution is 2.18. The van der Waals surface area contributed by atoms with E-state index in [4.69, 9.17) is 4.74 Å². The van der Waals surface area contributed by atoms with E-state index in [1.165, 1.54) is 6.42 Å². The zero-order chi connectivity index (χ0) is 17.4. The molecule has 1 atom stereocenters. The molecule has 2 rings (SSSR count). The van der Waals surface area contributed by atoms with Gasteiger partial charge in [-0.2, -0.15) is 0 Å². The summed E-state index contributed by atoms with van der Waals surface area (Å²) in [5.41, 5.74) is 0. The van der Waals surface area contributed by atoms with Crippen LogP contribution in [0.25, 0.3) is 0 Å². The topological polar surface area (TPSA) is 74.2 Å². The highest BCUT2D eigenvalue weighted by molar-refractivity contribution is 5.87. The van der Waals surface area contributed by atoms with Crippen molar-refractivity contribution in [1.82, 2.24) is 15.1 Å². The maximum Gasteiger partial charge on any atom is 0.310 e. The maximum absolute atomic E-state index is 12.3. The second kappa shape index (κ2) is 9.49. The summed E-state index contributed by atoms with van der Waals surface area (Å²) in [6.45, 7) is 5.64. The third-order valence-electron chi connectivity index (χ3n) is 4.66. The Balaban J connectivity index is 1.84. The van der Waals surface area contributed by atoms with E-state index >= 15 is 0 Å². The summed E-state index contributed by atoms with van der Waals surface area (Å²) in [5.74, 6) is 0.557. The number of rotatable bonds is 4. The van der Waals surface area contributed by atoms with Crippen LogP contribution >= 0.6 is 0 Å². The largest absolute Gasteiger partial charge is 0.466 e. The standard InChI is InChI=1S/C17H30N4O3/c1-3-24-16(23)14-8-7-11-21(13-14)17(18-2)19-12-15(22)20-9-5-4-6-10-20/h14H,3-13H2,1-2H3,(H,18,19). The van der Waals surface area contributed by atoms with Gasteiger partial charge in [0.2, 0.25) is 5.91 Å². The molecular formula is C17H30N4O3. The van der Waals surface area contributed by atoms with Crippen LogP contribution in [0.3, 0.4) is 0 Å². The van der Waals surface area contributed by atoms with Gasteiger partial charge in [-0.25, -0.2) is 0 Å². The lowest BCUT2D eigenvalue weighted by atomic mass is 9.98. The molecule has 0 radical (unpaired) electrons. The van der Waals surface area contributed by atoms with Gasteiger partial charge >= 0.3 is 5.97 Å². The number of amides is 1. The third-order valence-corrected chi connectivity index (χ3v) is 4.66. The average molecular weight is 338 g/mol. The molecule has 24 heavy (non-hydrogen) atoms. The molecule has 0 bridgehead atoms. The predicted molar refractivity (Wildman–Crippen MR) is 92.7 cm³/mol. The molecule has 2 aliphatic rings. The van der Waals surface area contributed by atoms with Crippen LogP contribution in [-0.4, -0.2) is 74.0 Å². The molecule has 0 aromatic heterocycles. The fraction of sp³-hybridized carbons (Fsp3) is 0.824. The second-order valence-corrected chi connectivity index (χ2v) is 6.38. The second-order valence-electron chi connectivity index (χ2n) is 6.38. The molecule has 1 unspecified atom stereocenters. The summed E-state index contributed by atoms with van der Waals surface area (Å²) >= 11 is 0. The minimum Gasteiger partial charge on any atom is -0.466 e. The number of carbonyl (C=O) groups is 2. The molecule has 2 heterocycles. The van der Waals surface area contributed by atoms with E-state index in [-0.39, 0.29) is 24.3 Å². The molecule has 1 amide bonds. The van der Waals surface area contributed by atoms with E-state index in [0.29, 0.717) is 19.1 Å². The number of aliphatic imine (C=N–C) groups is 1. The third kappa shape index (κ3) is 5.11. The first-order chi connectivity index (χ1) is 11.7. The van der Waals surface area contributed by atoms with Gasteiger partial charge in [-0.05, 0) is 39.0 Å². The van der Waals surface area contributed by atoms with Crippen molar-refractivity contribution in [3.63, 3.8) is 0 Å². The summed E-state index contributed by atoms with van der Waals surface area (Å²) < 4.78 is 5.13. The Labute approximate surface area is 144 Å². The summed E-state index contributed by atoms with van der Waals surface area (Å²) in [4.78, 5) is 32.5. The fourth-order valence-corrected chi connectivity index (χ4v) is 3.36.